The molecule has 0 aliphatic carbocycles. The molecule has 0 saturated carbocycles. The van der Waals surface area contributed by atoms with E-state index < -0.39 is 17.6 Å². The van der Waals surface area contributed by atoms with E-state index in [4.69, 9.17) is 26.6 Å². The van der Waals surface area contributed by atoms with Crippen LogP contribution in [0.3, 0.4) is 0 Å². The van der Waals surface area contributed by atoms with Gasteiger partial charge in [-0.3, -0.25) is 0 Å². The maximum atomic E-state index is 5.41. The molecule has 0 bridgehead atoms. The first-order valence-corrected chi connectivity index (χ1v) is 15.6. The van der Waals surface area contributed by atoms with Gasteiger partial charge in [-0.05, 0) is 6.42 Å². The molecule has 188 valence electrons. The molecule has 0 fully saturated rings. The monoisotopic (exact) mass is 488 g/mol. The molecule has 0 heterocycles. The lowest BCUT2D eigenvalue weighted by Gasteiger charge is -2.24. The Bertz CT molecular complexity index is 508. The average molecular weight is 489 g/mol. The van der Waals surface area contributed by atoms with Crippen LogP contribution >= 0.6 is 0 Å². The second-order valence-electron chi connectivity index (χ2n) is 7.76. The Balaban J connectivity index is 0.000000641. The van der Waals surface area contributed by atoms with Gasteiger partial charge >= 0.3 is 17.6 Å². The summed E-state index contributed by atoms with van der Waals surface area (Å²) >= 11 is 0. The van der Waals surface area contributed by atoms with E-state index >= 15 is 0 Å². The number of rotatable bonds is 18. The molecule has 0 unspecified atom stereocenters. The highest BCUT2D eigenvalue weighted by Crippen LogP contribution is 2.18. The van der Waals surface area contributed by atoms with Crippen LogP contribution in [0.25, 0.3) is 0 Å². The Morgan fingerprint density at radius 3 is 1.31 bits per heavy atom. The summed E-state index contributed by atoms with van der Waals surface area (Å²) in [5.41, 5.74) is 0. The molecule has 1 aromatic rings. The van der Waals surface area contributed by atoms with Crippen LogP contribution < -0.4 is 5.19 Å². The molecule has 0 radical (unpaired) electrons. The SMILES string of the molecule is CCCCCCCCCCCC[Si](OC)(OC)OC.CO[Si](OC)(OC)c1ccccc1. The van der Waals surface area contributed by atoms with E-state index in [1.54, 1.807) is 42.7 Å². The summed E-state index contributed by atoms with van der Waals surface area (Å²) in [6, 6.07) is 10.7. The minimum atomic E-state index is -2.59. The third kappa shape index (κ3) is 12.0. The van der Waals surface area contributed by atoms with Gasteiger partial charge in [0.05, 0.1) is 0 Å². The lowest BCUT2D eigenvalue weighted by atomic mass is 10.1. The fourth-order valence-corrected chi connectivity index (χ4v) is 7.23. The summed E-state index contributed by atoms with van der Waals surface area (Å²) in [7, 11) is 4.98. The van der Waals surface area contributed by atoms with E-state index in [0.29, 0.717) is 0 Å². The molecule has 0 atom stereocenters. The van der Waals surface area contributed by atoms with Crippen LogP contribution in [0.15, 0.2) is 30.3 Å². The maximum Gasteiger partial charge on any atom is 0.536 e. The zero-order chi connectivity index (χ0) is 24.1. The Morgan fingerprint density at radius 1 is 0.531 bits per heavy atom. The molecular weight excluding hydrogens is 440 g/mol. The first-order chi connectivity index (χ1) is 15.5. The second-order valence-corrected chi connectivity index (χ2v) is 13.8. The smallest absolute Gasteiger partial charge is 0.377 e. The van der Waals surface area contributed by atoms with Gasteiger partial charge in [0.2, 0.25) is 0 Å². The Morgan fingerprint density at radius 2 is 0.938 bits per heavy atom. The molecule has 0 aliphatic rings. The molecule has 1 aromatic carbocycles. The van der Waals surface area contributed by atoms with Crippen LogP contribution in [-0.2, 0) is 26.6 Å². The fraction of sp³-hybridized carbons (Fsp3) is 0.750. The first kappa shape index (κ1) is 31.4. The van der Waals surface area contributed by atoms with Crippen LogP contribution in [0.2, 0.25) is 6.04 Å². The molecule has 8 heteroatoms. The van der Waals surface area contributed by atoms with E-state index in [-0.39, 0.29) is 0 Å². The van der Waals surface area contributed by atoms with E-state index in [9.17, 15) is 0 Å². The van der Waals surface area contributed by atoms with Gasteiger partial charge in [0.15, 0.2) is 0 Å². The number of hydrogen-bond donors (Lipinski definition) is 0. The quantitative estimate of drug-likeness (QED) is 0.199. The summed E-state index contributed by atoms with van der Waals surface area (Å²) in [5, 5.41) is 0.975. The van der Waals surface area contributed by atoms with Crippen LogP contribution in [0.5, 0.6) is 0 Å². The predicted octanol–water partition coefficient (Wildman–Crippen LogP) is 5.56. The second kappa shape index (κ2) is 19.8. The summed E-state index contributed by atoms with van der Waals surface area (Å²) in [6.45, 7) is 2.27. The van der Waals surface area contributed by atoms with Crippen molar-refractivity contribution in [1.82, 2.24) is 0 Å². The summed E-state index contributed by atoms with van der Waals surface area (Å²) < 4.78 is 32.2. The minimum Gasteiger partial charge on any atom is -0.377 e. The molecule has 32 heavy (non-hydrogen) atoms. The van der Waals surface area contributed by atoms with E-state index in [0.717, 1.165) is 17.7 Å². The first-order valence-electron chi connectivity index (χ1n) is 11.9. The Kier molecular flexibility index (Phi) is 19.5. The molecule has 1 rings (SSSR count). The minimum absolute atomic E-state index is 0.938. The van der Waals surface area contributed by atoms with Gasteiger partial charge in [-0.15, -0.1) is 0 Å². The third-order valence-electron chi connectivity index (χ3n) is 5.70. The number of benzene rings is 1. The van der Waals surface area contributed by atoms with E-state index in [1.807, 2.05) is 30.3 Å². The van der Waals surface area contributed by atoms with Gasteiger partial charge in [-0.25, -0.2) is 0 Å². The number of unbranched alkanes of at least 4 members (excludes halogenated alkanes) is 9. The van der Waals surface area contributed by atoms with Crippen molar-refractivity contribution in [3.05, 3.63) is 30.3 Å². The molecule has 0 aliphatic heterocycles. The van der Waals surface area contributed by atoms with Gasteiger partial charge in [0, 0.05) is 53.9 Å². The number of hydrogen-bond acceptors (Lipinski definition) is 6. The van der Waals surface area contributed by atoms with Crippen molar-refractivity contribution in [3.8, 4) is 0 Å². The van der Waals surface area contributed by atoms with Gasteiger partial charge < -0.3 is 26.6 Å². The maximum absolute atomic E-state index is 5.41. The lowest BCUT2D eigenvalue weighted by Crippen LogP contribution is -2.54. The lowest BCUT2D eigenvalue weighted by molar-refractivity contribution is 0.122. The summed E-state index contributed by atoms with van der Waals surface area (Å²) in [6.07, 6.45) is 13.5. The normalized spacial score (nSPS) is 11.8. The Hall–Kier alpha value is -0.586. The average Bonchev–Trinajstić information content (AvgIpc) is 2.86. The van der Waals surface area contributed by atoms with Crippen molar-refractivity contribution < 1.29 is 26.6 Å². The summed E-state index contributed by atoms with van der Waals surface area (Å²) in [4.78, 5) is 0. The van der Waals surface area contributed by atoms with Crippen molar-refractivity contribution in [2.45, 2.75) is 77.2 Å². The molecular formula is C24H48O6Si2. The van der Waals surface area contributed by atoms with Gasteiger partial charge in [0.25, 0.3) is 0 Å². The molecule has 0 N–H and O–H groups in total. The van der Waals surface area contributed by atoms with Crippen molar-refractivity contribution in [1.29, 1.82) is 0 Å². The van der Waals surface area contributed by atoms with Gasteiger partial charge in [-0.1, -0.05) is 95.0 Å². The van der Waals surface area contributed by atoms with Crippen molar-refractivity contribution in [2.24, 2.45) is 0 Å². The topological polar surface area (TPSA) is 55.4 Å². The highest BCUT2D eigenvalue weighted by atomic mass is 28.4. The highest BCUT2D eigenvalue weighted by Gasteiger charge is 2.40. The highest BCUT2D eigenvalue weighted by molar-refractivity contribution is 6.75. The standard InChI is InChI=1S/C15H34O3Si.C9H14O3Si/c1-5-6-7-8-9-10-11-12-13-14-15-19(16-2,17-3)18-4;1-10-13(11-2,12-3)9-7-5-4-6-8-9/h5-15H2,1-4H3;4-8H,1-3H3. The largest absolute Gasteiger partial charge is 0.536 e. The third-order valence-corrected chi connectivity index (χ3v) is 11.2. The fourth-order valence-electron chi connectivity index (χ4n) is 3.63. The zero-order valence-electron chi connectivity index (χ0n) is 21.6. The van der Waals surface area contributed by atoms with Crippen LogP contribution in [0.1, 0.15) is 71.1 Å². The van der Waals surface area contributed by atoms with Crippen molar-refractivity contribution in [2.75, 3.05) is 42.7 Å². The zero-order valence-corrected chi connectivity index (χ0v) is 23.6. The van der Waals surface area contributed by atoms with Crippen molar-refractivity contribution in [3.63, 3.8) is 0 Å². The molecule has 6 nitrogen and oxygen atoms in total. The van der Waals surface area contributed by atoms with Crippen LogP contribution in [0, 0.1) is 0 Å². The van der Waals surface area contributed by atoms with Gasteiger partial charge in [0.1, 0.15) is 0 Å². The molecule has 0 aromatic heterocycles. The van der Waals surface area contributed by atoms with Crippen molar-refractivity contribution >= 4 is 22.8 Å². The van der Waals surface area contributed by atoms with Crippen LogP contribution in [0.4, 0.5) is 0 Å². The summed E-state index contributed by atoms with van der Waals surface area (Å²) in [5.74, 6) is 0. The van der Waals surface area contributed by atoms with E-state index in [1.165, 1.54) is 57.8 Å². The van der Waals surface area contributed by atoms with E-state index in [2.05, 4.69) is 6.92 Å². The predicted molar refractivity (Wildman–Crippen MR) is 136 cm³/mol. The Labute approximate surface area is 199 Å². The van der Waals surface area contributed by atoms with Gasteiger partial charge in [-0.2, -0.15) is 0 Å². The molecule has 0 amide bonds. The molecule has 0 saturated heterocycles. The molecule has 0 spiro atoms. The van der Waals surface area contributed by atoms with Crippen LogP contribution in [-0.4, -0.2) is 60.3 Å².